The monoisotopic (exact) mass is 311 g/mol. The lowest BCUT2D eigenvalue weighted by Crippen LogP contribution is -2.21. The second-order valence-electron chi connectivity index (χ2n) is 4.20. The third kappa shape index (κ3) is 2.78. The van der Waals surface area contributed by atoms with E-state index in [-0.39, 0.29) is 4.75 Å². The van der Waals surface area contributed by atoms with Gasteiger partial charge in [0.25, 0.3) is 0 Å². The van der Waals surface area contributed by atoms with Gasteiger partial charge < -0.3 is 4.74 Å². The molecule has 0 amide bonds. The van der Waals surface area contributed by atoms with Crippen LogP contribution in [0.15, 0.2) is 22.7 Å². The third-order valence-corrected chi connectivity index (χ3v) is 5.12. The van der Waals surface area contributed by atoms with Crippen LogP contribution in [0.4, 0.5) is 0 Å². The molecule has 1 saturated heterocycles. The van der Waals surface area contributed by atoms with Gasteiger partial charge in [-0.3, -0.25) is 0 Å². The van der Waals surface area contributed by atoms with E-state index in [9.17, 15) is 5.26 Å². The Morgan fingerprint density at radius 2 is 2.41 bits per heavy atom. The lowest BCUT2D eigenvalue weighted by Gasteiger charge is -2.19. The summed E-state index contributed by atoms with van der Waals surface area (Å²) >= 11 is 5.27. The van der Waals surface area contributed by atoms with E-state index in [1.807, 2.05) is 12.1 Å². The number of nitrogens with zero attached hydrogens (tertiary/aromatic N) is 1. The quantitative estimate of drug-likeness (QED) is 0.851. The SMILES string of the molecule is COc1ccc(CC2(C#N)CCCS2)cc1Br. The zero-order valence-electron chi connectivity index (χ0n) is 9.70. The first-order valence-electron chi connectivity index (χ1n) is 5.57. The van der Waals surface area contributed by atoms with Crippen LogP contribution in [-0.4, -0.2) is 17.6 Å². The van der Waals surface area contributed by atoms with Crippen molar-refractivity contribution in [2.45, 2.75) is 24.0 Å². The Morgan fingerprint density at radius 1 is 1.59 bits per heavy atom. The van der Waals surface area contributed by atoms with E-state index >= 15 is 0 Å². The van der Waals surface area contributed by atoms with Gasteiger partial charge in [0.1, 0.15) is 10.5 Å². The van der Waals surface area contributed by atoms with Gasteiger partial charge in [-0.1, -0.05) is 6.07 Å². The Kier molecular flexibility index (Phi) is 4.01. The second kappa shape index (κ2) is 5.32. The van der Waals surface area contributed by atoms with Crippen molar-refractivity contribution in [3.05, 3.63) is 28.2 Å². The Hall–Kier alpha value is -0.660. The highest BCUT2D eigenvalue weighted by atomic mass is 79.9. The highest BCUT2D eigenvalue weighted by Gasteiger charge is 2.34. The van der Waals surface area contributed by atoms with Gasteiger partial charge in [-0.2, -0.15) is 5.26 Å². The summed E-state index contributed by atoms with van der Waals surface area (Å²) in [5, 5.41) is 9.34. The van der Waals surface area contributed by atoms with Crippen LogP contribution < -0.4 is 4.74 Å². The topological polar surface area (TPSA) is 33.0 Å². The summed E-state index contributed by atoms with van der Waals surface area (Å²) in [6, 6.07) is 8.53. The summed E-state index contributed by atoms with van der Waals surface area (Å²) in [5.74, 6) is 1.93. The zero-order chi connectivity index (χ0) is 12.3. The minimum absolute atomic E-state index is 0.214. The number of nitriles is 1. The minimum Gasteiger partial charge on any atom is -0.496 e. The molecular formula is C13H14BrNOS. The number of halogens is 1. The smallest absolute Gasteiger partial charge is 0.133 e. The number of rotatable bonds is 3. The number of hydrogen-bond donors (Lipinski definition) is 0. The summed E-state index contributed by atoms with van der Waals surface area (Å²) in [6.07, 6.45) is 2.96. The first-order chi connectivity index (χ1) is 8.19. The van der Waals surface area contributed by atoms with Crippen LogP contribution in [0.3, 0.4) is 0 Å². The fourth-order valence-electron chi connectivity index (χ4n) is 2.11. The van der Waals surface area contributed by atoms with Gasteiger partial charge >= 0.3 is 0 Å². The summed E-state index contributed by atoms with van der Waals surface area (Å²) in [6.45, 7) is 0. The zero-order valence-corrected chi connectivity index (χ0v) is 12.1. The van der Waals surface area contributed by atoms with Gasteiger partial charge in [-0.25, -0.2) is 0 Å². The van der Waals surface area contributed by atoms with Crippen LogP contribution in [-0.2, 0) is 6.42 Å². The fraction of sp³-hybridized carbons (Fsp3) is 0.462. The molecule has 2 rings (SSSR count). The molecule has 17 heavy (non-hydrogen) atoms. The summed E-state index contributed by atoms with van der Waals surface area (Å²) in [7, 11) is 1.66. The van der Waals surface area contributed by atoms with Crippen molar-refractivity contribution < 1.29 is 4.74 Å². The van der Waals surface area contributed by atoms with Crippen LogP contribution in [0.1, 0.15) is 18.4 Å². The molecule has 4 heteroatoms. The van der Waals surface area contributed by atoms with E-state index in [2.05, 4.69) is 28.1 Å². The van der Waals surface area contributed by atoms with E-state index in [0.717, 1.165) is 35.2 Å². The normalized spacial score (nSPS) is 23.4. The van der Waals surface area contributed by atoms with Gasteiger partial charge in [0.2, 0.25) is 0 Å². The van der Waals surface area contributed by atoms with E-state index in [1.54, 1.807) is 18.9 Å². The molecule has 1 unspecified atom stereocenters. The van der Waals surface area contributed by atoms with Crippen LogP contribution in [0.2, 0.25) is 0 Å². The van der Waals surface area contributed by atoms with Gasteiger partial charge in [0.15, 0.2) is 0 Å². The van der Waals surface area contributed by atoms with Gasteiger partial charge in [0, 0.05) is 6.42 Å². The highest BCUT2D eigenvalue weighted by Crippen LogP contribution is 2.41. The van der Waals surface area contributed by atoms with Crippen molar-refractivity contribution in [1.82, 2.24) is 0 Å². The molecule has 0 N–H and O–H groups in total. The van der Waals surface area contributed by atoms with Crippen molar-refractivity contribution in [2.24, 2.45) is 0 Å². The van der Waals surface area contributed by atoms with Crippen molar-refractivity contribution in [2.75, 3.05) is 12.9 Å². The molecule has 0 bridgehead atoms. The number of benzene rings is 1. The molecule has 0 spiro atoms. The Bertz CT molecular complexity index is 449. The Balaban J connectivity index is 2.19. The van der Waals surface area contributed by atoms with Gasteiger partial charge in [-0.05, 0) is 52.2 Å². The minimum atomic E-state index is -0.214. The number of ether oxygens (including phenoxy) is 1. The van der Waals surface area contributed by atoms with E-state index in [4.69, 9.17) is 4.74 Å². The first-order valence-corrected chi connectivity index (χ1v) is 7.35. The molecule has 1 aliphatic rings. The van der Waals surface area contributed by atoms with E-state index in [0.29, 0.717) is 0 Å². The maximum Gasteiger partial charge on any atom is 0.133 e. The second-order valence-corrected chi connectivity index (χ2v) is 6.54. The molecule has 0 radical (unpaired) electrons. The first kappa shape index (κ1) is 12.8. The molecular weight excluding hydrogens is 298 g/mol. The van der Waals surface area contributed by atoms with E-state index < -0.39 is 0 Å². The maximum atomic E-state index is 9.34. The van der Waals surface area contributed by atoms with Crippen LogP contribution in [0.25, 0.3) is 0 Å². The lowest BCUT2D eigenvalue weighted by atomic mass is 9.96. The fourth-order valence-corrected chi connectivity index (χ4v) is 4.00. The molecule has 0 saturated carbocycles. The Morgan fingerprint density at radius 3 is 2.94 bits per heavy atom. The largest absolute Gasteiger partial charge is 0.496 e. The standard InChI is InChI=1S/C13H14BrNOS/c1-16-12-4-3-10(7-11(12)14)8-13(9-15)5-2-6-17-13/h3-4,7H,2,5-6,8H2,1H3. The number of thioether (sulfide) groups is 1. The van der Waals surface area contributed by atoms with Gasteiger partial charge in [0.05, 0.1) is 17.7 Å². The van der Waals surface area contributed by atoms with Crippen molar-refractivity contribution in [3.8, 4) is 11.8 Å². The number of methoxy groups -OCH3 is 1. The van der Waals surface area contributed by atoms with Crippen LogP contribution in [0, 0.1) is 11.3 Å². The molecule has 2 nitrogen and oxygen atoms in total. The van der Waals surface area contributed by atoms with Crippen LogP contribution in [0.5, 0.6) is 5.75 Å². The highest BCUT2D eigenvalue weighted by molar-refractivity contribution is 9.10. The molecule has 1 aromatic carbocycles. The average Bonchev–Trinajstić information content (AvgIpc) is 2.79. The lowest BCUT2D eigenvalue weighted by molar-refractivity contribution is 0.412. The molecule has 90 valence electrons. The molecule has 0 aromatic heterocycles. The molecule has 1 atom stereocenters. The predicted octanol–water partition coefficient (Wildman–Crippen LogP) is 3.79. The molecule has 1 fully saturated rings. The molecule has 0 aliphatic carbocycles. The van der Waals surface area contributed by atoms with Gasteiger partial charge in [-0.15, -0.1) is 11.8 Å². The maximum absolute atomic E-state index is 9.34. The van der Waals surface area contributed by atoms with Crippen molar-refractivity contribution in [1.29, 1.82) is 5.26 Å². The third-order valence-electron chi connectivity index (χ3n) is 3.01. The number of hydrogen-bond acceptors (Lipinski definition) is 3. The average molecular weight is 312 g/mol. The van der Waals surface area contributed by atoms with Crippen molar-refractivity contribution >= 4 is 27.7 Å². The summed E-state index contributed by atoms with van der Waals surface area (Å²) < 4.78 is 5.94. The van der Waals surface area contributed by atoms with E-state index in [1.165, 1.54) is 5.56 Å². The molecule has 1 aromatic rings. The molecule has 1 aliphatic heterocycles. The summed E-state index contributed by atoms with van der Waals surface area (Å²) in [4.78, 5) is 0. The predicted molar refractivity (Wildman–Crippen MR) is 74.4 cm³/mol. The van der Waals surface area contributed by atoms with Crippen LogP contribution >= 0.6 is 27.7 Å². The van der Waals surface area contributed by atoms with Crippen molar-refractivity contribution in [3.63, 3.8) is 0 Å². The molecule has 1 heterocycles. The summed E-state index contributed by atoms with van der Waals surface area (Å²) in [5.41, 5.74) is 1.19. The Labute approximate surface area is 114 Å².